The van der Waals surface area contributed by atoms with Gasteiger partial charge >= 0.3 is 12.2 Å². The third kappa shape index (κ3) is 13.8. The Labute approximate surface area is 369 Å². The number of anilines is 1. The van der Waals surface area contributed by atoms with Crippen LogP contribution in [-0.4, -0.2) is 77.9 Å². The number of carbonyl (C=O) groups is 5. The Morgan fingerprint density at radius 2 is 1.41 bits per heavy atom. The van der Waals surface area contributed by atoms with Crippen molar-refractivity contribution in [2.75, 3.05) is 31.6 Å². The van der Waals surface area contributed by atoms with Crippen molar-refractivity contribution in [2.45, 2.75) is 111 Å². The van der Waals surface area contributed by atoms with Crippen LogP contribution in [-0.2, 0) is 25.5 Å². The Balaban J connectivity index is 1.07. The lowest BCUT2D eigenvalue weighted by Crippen LogP contribution is -2.42. The second-order valence-corrected chi connectivity index (χ2v) is 19.0. The Hall–Kier alpha value is -5.79. The van der Waals surface area contributed by atoms with Gasteiger partial charge in [0.2, 0.25) is 5.91 Å². The molecule has 13 nitrogen and oxygen atoms in total. The van der Waals surface area contributed by atoms with Crippen molar-refractivity contribution < 1.29 is 37.8 Å². The molecule has 3 amide bonds. The number of amidine groups is 1. The van der Waals surface area contributed by atoms with Crippen molar-refractivity contribution >= 4 is 41.2 Å². The van der Waals surface area contributed by atoms with Gasteiger partial charge in [0.15, 0.2) is 18.3 Å². The number of nitrogens with zero attached hydrogens (tertiary/aromatic N) is 4. The van der Waals surface area contributed by atoms with E-state index in [-0.39, 0.29) is 59.7 Å². The first kappa shape index (κ1) is 46.7. The van der Waals surface area contributed by atoms with Gasteiger partial charge in [-0.2, -0.15) is 5.11 Å². The van der Waals surface area contributed by atoms with Crippen molar-refractivity contribution in [3.63, 3.8) is 0 Å². The Bertz CT molecular complexity index is 2180. The van der Waals surface area contributed by atoms with E-state index < -0.39 is 29.0 Å². The van der Waals surface area contributed by atoms with Gasteiger partial charge in [-0.1, -0.05) is 30.3 Å². The smallest absolute Gasteiger partial charge is 0.410 e. The molecule has 2 aliphatic heterocycles. The minimum absolute atomic E-state index is 0.0432. The van der Waals surface area contributed by atoms with Crippen LogP contribution in [0.15, 0.2) is 82.0 Å². The van der Waals surface area contributed by atoms with Crippen LogP contribution in [0.25, 0.3) is 11.1 Å². The zero-order valence-corrected chi connectivity index (χ0v) is 37.4. The van der Waals surface area contributed by atoms with Gasteiger partial charge in [0.25, 0.3) is 0 Å². The first-order valence-corrected chi connectivity index (χ1v) is 22.1. The molecule has 6 rings (SSSR count). The SMILES string of the molecule is CC(C)(C)OC(=O)NCC1CCC(C(=O)C[C@@H](Cc2ccc(-c3ccc(C(=O)CC4CCN(C(=O)OC(C)(C)C)CC4)c(F)c3)cc2)C(=O)Nc2ccc(C3=NCN=N3)cc2)CC1. The molecule has 2 heterocycles. The number of likely N-dealkylation sites (tertiary alicyclic amines) is 1. The molecule has 336 valence electrons. The van der Waals surface area contributed by atoms with Crippen molar-refractivity contribution in [3.8, 4) is 11.1 Å². The van der Waals surface area contributed by atoms with Crippen LogP contribution >= 0.6 is 0 Å². The number of benzene rings is 3. The number of alkyl carbamates (subject to hydrolysis) is 1. The molecular weight excluding hydrogens is 804 g/mol. The van der Waals surface area contributed by atoms with Gasteiger partial charge in [-0.3, -0.25) is 14.4 Å². The predicted octanol–water partition coefficient (Wildman–Crippen LogP) is 9.97. The highest BCUT2D eigenvalue weighted by Crippen LogP contribution is 2.32. The fraction of sp³-hybridized carbons (Fsp3) is 0.510. The summed E-state index contributed by atoms with van der Waals surface area (Å²) in [7, 11) is 0. The predicted molar refractivity (Wildman–Crippen MR) is 239 cm³/mol. The molecule has 2 fully saturated rings. The number of aliphatic imine (C=N–C) groups is 1. The minimum atomic E-state index is -0.658. The Morgan fingerprint density at radius 3 is 2.02 bits per heavy atom. The summed E-state index contributed by atoms with van der Waals surface area (Å²) in [6.07, 6.45) is 3.99. The maximum atomic E-state index is 15.5. The summed E-state index contributed by atoms with van der Waals surface area (Å²) in [6, 6.07) is 19.3. The van der Waals surface area contributed by atoms with Gasteiger partial charge in [-0.25, -0.2) is 19.0 Å². The number of hydrogen-bond donors (Lipinski definition) is 2. The van der Waals surface area contributed by atoms with E-state index in [0.29, 0.717) is 75.5 Å². The van der Waals surface area contributed by atoms with Crippen LogP contribution in [0.2, 0.25) is 0 Å². The minimum Gasteiger partial charge on any atom is -0.444 e. The van der Waals surface area contributed by atoms with Crippen LogP contribution in [0.5, 0.6) is 0 Å². The average molecular weight is 865 g/mol. The number of hydrogen-bond acceptors (Lipinski definition) is 10. The Morgan fingerprint density at radius 1 is 0.778 bits per heavy atom. The number of halogens is 1. The lowest BCUT2D eigenvalue weighted by atomic mass is 9.77. The first-order valence-electron chi connectivity index (χ1n) is 22.1. The summed E-state index contributed by atoms with van der Waals surface area (Å²) >= 11 is 0. The van der Waals surface area contributed by atoms with Crippen LogP contribution < -0.4 is 10.6 Å². The Kier molecular flexibility index (Phi) is 15.3. The number of Topliss-reactive ketones (excluding diaryl/α,β-unsaturated/α-hetero) is 2. The quantitative estimate of drug-likeness (QED) is 0.152. The monoisotopic (exact) mass is 864 g/mol. The number of nitrogens with one attached hydrogen (secondary N) is 2. The molecule has 3 aliphatic rings. The highest BCUT2D eigenvalue weighted by atomic mass is 19.1. The van der Waals surface area contributed by atoms with Gasteiger partial charge in [0.1, 0.15) is 22.8 Å². The maximum absolute atomic E-state index is 15.5. The third-order valence-electron chi connectivity index (χ3n) is 11.7. The highest BCUT2D eigenvalue weighted by molar-refractivity contribution is 6.01. The fourth-order valence-electron chi connectivity index (χ4n) is 8.28. The first-order chi connectivity index (χ1) is 29.9. The summed E-state index contributed by atoms with van der Waals surface area (Å²) < 4.78 is 26.3. The van der Waals surface area contributed by atoms with E-state index in [4.69, 9.17) is 9.47 Å². The summed E-state index contributed by atoms with van der Waals surface area (Å²) in [5, 5.41) is 13.8. The highest BCUT2D eigenvalue weighted by Gasteiger charge is 2.32. The van der Waals surface area contributed by atoms with Crippen LogP contribution in [0, 0.1) is 29.5 Å². The number of rotatable bonds is 14. The van der Waals surface area contributed by atoms with Gasteiger partial charge in [0, 0.05) is 55.6 Å². The molecule has 0 aromatic heterocycles. The van der Waals surface area contributed by atoms with Crippen LogP contribution in [0.3, 0.4) is 0 Å². The van der Waals surface area contributed by atoms with Gasteiger partial charge in [0.05, 0.1) is 5.56 Å². The fourth-order valence-corrected chi connectivity index (χ4v) is 8.28. The molecule has 3 aromatic rings. The molecule has 63 heavy (non-hydrogen) atoms. The van der Waals surface area contributed by atoms with Gasteiger partial charge in [-0.05, 0) is 151 Å². The van der Waals surface area contributed by atoms with E-state index in [1.54, 1.807) is 23.1 Å². The van der Waals surface area contributed by atoms with Crippen LogP contribution in [0.1, 0.15) is 114 Å². The molecule has 1 saturated heterocycles. The van der Waals surface area contributed by atoms with Crippen molar-refractivity contribution in [1.82, 2.24) is 10.2 Å². The molecule has 3 aromatic carbocycles. The molecule has 14 heteroatoms. The number of ketones is 2. The number of carbonyl (C=O) groups excluding carboxylic acids is 5. The molecular formula is C49H61FN6O7. The third-order valence-corrected chi connectivity index (χ3v) is 11.7. The molecule has 0 unspecified atom stereocenters. The molecule has 2 N–H and O–H groups in total. The number of ether oxygens (including phenoxy) is 2. The lowest BCUT2D eigenvalue weighted by Gasteiger charge is -2.33. The van der Waals surface area contributed by atoms with E-state index >= 15 is 4.39 Å². The van der Waals surface area contributed by atoms with E-state index in [1.165, 1.54) is 12.1 Å². The van der Waals surface area contributed by atoms with E-state index in [2.05, 4.69) is 25.9 Å². The number of azo groups is 1. The number of piperidine rings is 1. The standard InChI is InChI=1S/C49H61FN6O7/c1-48(2,3)62-46(60)51-29-33-9-13-35(14-10-33)42(57)28-38(45(59)54-39-18-15-36(16-19-39)44-52-30-53-55-44)25-31-7-11-34(12-8-31)37-17-20-40(41(50)27-37)43(58)26-32-21-23-56(24-22-32)47(61)63-49(4,5)6/h7-8,11-12,15-20,27,32-33,35,38H,9-10,13-14,21-26,28-30H2,1-6H3,(H,51,60)(H,54,59)/t33?,35?,38-/m1/s1. The summed E-state index contributed by atoms with van der Waals surface area (Å²) in [5.74, 6) is -1.10. The normalized spacial score (nSPS) is 18.6. The van der Waals surface area contributed by atoms with E-state index in [0.717, 1.165) is 29.5 Å². The zero-order valence-electron chi connectivity index (χ0n) is 37.4. The lowest BCUT2D eigenvalue weighted by molar-refractivity contribution is -0.129. The van der Waals surface area contributed by atoms with Crippen molar-refractivity contribution in [3.05, 3.63) is 89.2 Å². The molecule has 1 saturated carbocycles. The molecule has 1 aliphatic carbocycles. The topological polar surface area (TPSA) is 168 Å². The molecule has 0 spiro atoms. The maximum Gasteiger partial charge on any atom is 0.410 e. The largest absolute Gasteiger partial charge is 0.444 e. The second kappa shape index (κ2) is 20.6. The van der Waals surface area contributed by atoms with E-state index in [1.807, 2.05) is 77.9 Å². The van der Waals surface area contributed by atoms with Crippen molar-refractivity contribution in [2.24, 2.45) is 38.9 Å². The average Bonchev–Trinajstić information content (AvgIpc) is 3.78. The summed E-state index contributed by atoms with van der Waals surface area (Å²) in [5.41, 5.74) is 2.44. The van der Waals surface area contributed by atoms with Gasteiger partial charge < -0.3 is 25.0 Å². The number of amides is 3. The molecule has 1 atom stereocenters. The van der Waals surface area contributed by atoms with E-state index in [9.17, 15) is 24.0 Å². The van der Waals surface area contributed by atoms with Crippen LogP contribution in [0.4, 0.5) is 19.7 Å². The summed E-state index contributed by atoms with van der Waals surface area (Å²) in [4.78, 5) is 71.5. The molecule has 0 radical (unpaired) electrons. The summed E-state index contributed by atoms with van der Waals surface area (Å²) in [6.45, 7) is 12.7. The molecule has 0 bridgehead atoms. The van der Waals surface area contributed by atoms with Crippen molar-refractivity contribution in [1.29, 1.82) is 0 Å². The zero-order chi connectivity index (χ0) is 45.3. The second-order valence-electron chi connectivity index (χ2n) is 19.0. The van der Waals surface area contributed by atoms with Gasteiger partial charge in [-0.15, -0.1) is 5.11 Å².